The molecule has 0 atom stereocenters. The molecule has 2 aromatic carbocycles. The Balaban J connectivity index is 1.73. The Bertz CT molecular complexity index is 932. The summed E-state index contributed by atoms with van der Waals surface area (Å²) in [6.07, 6.45) is 0. The van der Waals surface area contributed by atoms with Crippen molar-refractivity contribution in [3.63, 3.8) is 0 Å². The molecule has 3 rings (SSSR count). The molecule has 2 amide bonds. The lowest BCUT2D eigenvalue weighted by atomic mass is 10.1. The molecule has 2 aromatic rings. The minimum absolute atomic E-state index is 0.0127. The predicted octanol–water partition coefficient (Wildman–Crippen LogP) is 2.67. The van der Waals surface area contributed by atoms with E-state index in [-0.39, 0.29) is 36.0 Å². The number of amides is 2. The Morgan fingerprint density at radius 1 is 1.21 bits per heavy atom. The standard InChI is InChI=1S/C19H16F2N2O5/c1-27-18(26)11-6-7-14(15(8-11)28-19(20)21)22-16(24)10-23-9-12-4-2-3-5-13(12)17(23)25/h2-8,19H,9-10H2,1H3,(H,22,24). The molecule has 1 N–H and O–H groups in total. The van der Waals surface area contributed by atoms with E-state index in [1.165, 1.54) is 17.0 Å². The van der Waals surface area contributed by atoms with Gasteiger partial charge in [-0.2, -0.15) is 8.78 Å². The zero-order chi connectivity index (χ0) is 20.3. The number of anilines is 1. The van der Waals surface area contributed by atoms with Gasteiger partial charge in [0.25, 0.3) is 5.91 Å². The number of hydrogen-bond acceptors (Lipinski definition) is 5. The number of carbonyl (C=O) groups is 3. The highest BCUT2D eigenvalue weighted by atomic mass is 19.3. The number of methoxy groups -OCH3 is 1. The van der Waals surface area contributed by atoms with Crippen molar-refractivity contribution >= 4 is 23.5 Å². The fraction of sp³-hybridized carbons (Fsp3) is 0.211. The Kier molecular flexibility index (Phi) is 5.53. The van der Waals surface area contributed by atoms with Crippen LogP contribution in [0, 0.1) is 0 Å². The number of halogens is 2. The third-order valence-corrected chi connectivity index (χ3v) is 4.12. The zero-order valence-corrected chi connectivity index (χ0v) is 14.8. The number of rotatable bonds is 6. The molecule has 28 heavy (non-hydrogen) atoms. The molecule has 0 spiro atoms. The predicted molar refractivity (Wildman–Crippen MR) is 94.2 cm³/mol. The molecule has 0 fully saturated rings. The third kappa shape index (κ3) is 4.08. The van der Waals surface area contributed by atoms with Gasteiger partial charge < -0.3 is 19.7 Å². The van der Waals surface area contributed by atoms with Crippen molar-refractivity contribution in [3.05, 3.63) is 59.2 Å². The van der Waals surface area contributed by atoms with E-state index in [0.717, 1.165) is 18.7 Å². The van der Waals surface area contributed by atoms with Crippen LogP contribution in [0.5, 0.6) is 5.75 Å². The van der Waals surface area contributed by atoms with Gasteiger partial charge in [0.1, 0.15) is 12.3 Å². The molecule has 0 aromatic heterocycles. The molecule has 0 bridgehead atoms. The fourth-order valence-corrected chi connectivity index (χ4v) is 2.87. The van der Waals surface area contributed by atoms with E-state index >= 15 is 0 Å². The molecule has 0 unspecified atom stereocenters. The Labute approximate surface area is 158 Å². The van der Waals surface area contributed by atoms with Crippen molar-refractivity contribution in [2.45, 2.75) is 13.2 Å². The summed E-state index contributed by atoms with van der Waals surface area (Å²) in [5, 5.41) is 2.43. The summed E-state index contributed by atoms with van der Waals surface area (Å²) in [7, 11) is 1.15. The van der Waals surface area contributed by atoms with Crippen LogP contribution < -0.4 is 10.1 Å². The van der Waals surface area contributed by atoms with Crippen molar-refractivity contribution in [1.82, 2.24) is 4.90 Å². The van der Waals surface area contributed by atoms with E-state index in [9.17, 15) is 23.2 Å². The number of benzene rings is 2. The first kappa shape index (κ1) is 19.3. The van der Waals surface area contributed by atoms with Crippen LogP contribution >= 0.6 is 0 Å². The lowest BCUT2D eigenvalue weighted by Crippen LogP contribution is -2.33. The van der Waals surface area contributed by atoms with Crippen LogP contribution in [0.15, 0.2) is 42.5 Å². The number of esters is 1. The van der Waals surface area contributed by atoms with Gasteiger partial charge in [-0.1, -0.05) is 18.2 Å². The van der Waals surface area contributed by atoms with Crippen LogP contribution in [-0.4, -0.2) is 42.9 Å². The first-order chi connectivity index (χ1) is 13.4. The molecule has 1 aliphatic rings. The van der Waals surface area contributed by atoms with Crippen molar-refractivity contribution < 1.29 is 32.6 Å². The molecule has 0 saturated carbocycles. The van der Waals surface area contributed by atoms with Gasteiger partial charge >= 0.3 is 12.6 Å². The smallest absolute Gasteiger partial charge is 0.387 e. The fourth-order valence-electron chi connectivity index (χ4n) is 2.87. The largest absolute Gasteiger partial charge is 0.465 e. The first-order valence-electron chi connectivity index (χ1n) is 8.23. The number of carbonyl (C=O) groups excluding carboxylic acids is 3. The van der Waals surface area contributed by atoms with Crippen LogP contribution in [0.3, 0.4) is 0 Å². The van der Waals surface area contributed by atoms with E-state index in [2.05, 4.69) is 14.8 Å². The summed E-state index contributed by atoms with van der Waals surface area (Å²) in [6, 6.07) is 10.6. The maximum absolute atomic E-state index is 12.7. The number of nitrogens with one attached hydrogen (secondary N) is 1. The van der Waals surface area contributed by atoms with Gasteiger partial charge in [-0.05, 0) is 29.8 Å². The maximum atomic E-state index is 12.7. The van der Waals surface area contributed by atoms with Gasteiger partial charge in [0.15, 0.2) is 0 Å². The second-order valence-electron chi connectivity index (χ2n) is 5.95. The summed E-state index contributed by atoms with van der Waals surface area (Å²) in [6.45, 7) is -3.14. The third-order valence-electron chi connectivity index (χ3n) is 4.12. The molecule has 146 valence electrons. The van der Waals surface area contributed by atoms with Crippen molar-refractivity contribution in [1.29, 1.82) is 0 Å². The van der Waals surface area contributed by atoms with Gasteiger partial charge in [0, 0.05) is 12.1 Å². The van der Waals surface area contributed by atoms with Crippen LogP contribution in [0.1, 0.15) is 26.3 Å². The highest BCUT2D eigenvalue weighted by Gasteiger charge is 2.28. The molecule has 7 nitrogen and oxygen atoms in total. The first-order valence-corrected chi connectivity index (χ1v) is 8.23. The molecular formula is C19H16F2N2O5. The lowest BCUT2D eigenvalue weighted by molar-refractivity contribution is -0.117. The van der Waals surface area contributed by atoms with E-state index in [0.29, 0.717) is 5.56 Å². The average Bonchev–Trinajstić information content (AvgIpc) is 2.98. The highest BCUT2D eigenvalue weighted by molar-refractivity contribution is 6.02. The summed E-state index contributed by atoms with van der Waals surface area (Å²) < 4.78 is 34.3. The van der Waals surface area contributed by atoms with E-state index in [1.807, 2.05) is 0 Å². The lowest BCUT2D eigenvalue weighted by Gasteiger charge is -2.17. The molecule has 9 heteroatoms. The summed E-state index contributed by atoms with van der Waals surface area (Å²) in [5.41, 5.74) is 1.27. The normalized spacial score (nSPS) is 12.7. The van der Waals surface area contributed by atoms with Crippen LogP contribution in [0.4, 0.5) is 14.5 Å². The van der Waals surface area contributed by atoms with Crippen LogP contribution in [-0.2, 0) is 16.1 Å². The van der Waals surface area contributed by atoms with Gasteiger partial charge in [0.2, 0.25) is 5.91 Å². The zero-order valence-electron chi connectivity index (χ0n) is 14.8. The SMILES string of the molecule is COC(=O)c1ccc(NC(=O)CN2Cc3ccccc3C2=O)c(OC(F)F)c1. The van der Waals surface area contributed by atoms with Gasteiger partial charge in [0.05, 0.1) is 18.4 Å². The number of hydrogen-bond donors (Lipinski definition) is 1. The second-order valence-corrected chi connectivity index (χ2v) is 5.95. The number of fused-ring (bicyclic) bond motifs is 1. The summed E-state index contributed by atoms with van der Waals surface area (Å²) in [5.74, 6) is -2.00. The van der Waals surface area contributed by atoms with Gasteiger partial charge in [-0.25, -0.2) is 4.79 Å². The minimum atomic E-state index is -3.15. The summed E-state index contributed by atoms with van der Waals surface area (Å²) >= 11 is 0. The molecule has 0 radical (unpaired) electrons. The minimum Gasteiger partial charge on any atom is -0.465 e. The number of alkyl halides is 2. The Morgan fingerprint density at radius 2 is 1.96 bits per heavy atom. The topological polar surface area (TPSA) is 84.9 Å². The summed E-state index contributed by atoms with van der Waals surface area (Å²) in [4.78, 5) is 37.6. The monoisotopic (exact) mass is 390 g/mol. The van der Waals surface area contributed by atoms with Crippen molar-refractivity contribution in [2.75, 3.05) is 19.0 Å². The Hall–Kier alpha value is -3.49. The molecule has 1 heterocycles. The average molecular weight is 390 g/mol. The van der Waals surface area contributed by atoms with E-state index in [4.69, 9.17) is 0 Å². The van der Waals surface area contributed by atoms with Crippen LogP contribution in [0.25, 0.3) is 0 Å². The number of nitrogens with zero attached hydrogens (tertiary/aromatic N) is 1. The second kappa shape index (κ2) is 8.03. The molecule has 0 saturated heterocycles. The van der Waals surface area contributed by atoms with E-state index < -0.39 is 18.5 Å². The van der Waals surface area contributed by atoms with E-state index in [1.54, 1.807) is 24.3 Å². The highest BCUT2D eigenvalue weighted by Crippen LogP contribution is 2.28. The molecular weight excluding hydrogens is 374 g/mol. The quantitative estimate of drug-likeness (QED) is 0.767. The van der Waals surface area contributed by atoms with Crippen molar-refractivity contribution in [3.8, 4) is 5.75 Å². The van der Waals surface area contributed by atoms with Gasteiger partial charge in [-0.15, -0.1) is 0 Å². The van der Waals surface area contributed by atoms with Gasteiger partial charge in [-0.3, -0.25) is 9.59 Å². The molecule has 1 aliphatic heterocycles. The number of ether oxygens (including phenoxy) is 2. The molecule has 0 aliphatic carbocycles. The van der Waals surface area contributed by atoms with Crippen LogP contribution in [0.2, 0.25) is 0 Å². The Morgan fingerprint density at radius 3 is 2.64 bits per heavy atom. The maximum Gasteiger partial charge on any atom is 0.387 e. The van der Waals surface area contributed by atoms with Crippen molar-refractivity contribution in [2.24, 2.45) is 0 Å².